The number of aromatic hydroxyl groups is 1. The van der Waals surface area contributed by atoms with Crippen LogP contribution in [0.15, 0.2) is 52.7 Å². The summed E-state index contributed by atoms with van der Waals surface area (Å²) in [4.78, 5) is 27.4. The van der Waals surface area contributed by atoms with Gasteiger partial charge in [0.1, 0.15) is 0 Å². The molecule has 0 saturated heterocycles. The van der Waals surface area contributed by atoms with E-state index >= 15 is 0 Å². The van der Waals surface area contributed by atoms with E-state index in [4.69, 9.17) is 0 Å². The minimum Gasteiger partial charge on any atom is -0.493 e. The molecule has 2 amide bonds. The number of hydrogen-bond acceptors (Lipinski definition) is 5. The number of hydrogen-bond donors (Lipinski definition) is 1. The third-order valence-electron chi connectivity index (χ3n) is 5.95. The second kappa shape index (κ2) is 9.88. The van der Waals surface area contributed by atoms with Crippen molar-refractivity contribution in [1.29, 1.82) is 0 Å². The molecule has 0 bridgehead atoms. The Morgan fingerprint density at radius 1 is 0.939 bits per heavy atom. The molecule has 174 valence electrons. The zero-order chi connectivity index (χ0) is 23.0. The normalized spacial score (nSPS) is 13.6. The smallest absolute Gasteiger partial charge is 0.493 e. The van der Waals surface area contributed by atoms with Crippen LogP contribution in [0.2, 0.25) is 0 Å². The first-order valence-corrected chi connectivity index (χ1v) is 11.1. The summed E-state index contributed by atoms with van der Waals surface area (Å²) in [7, 11) is 0. The number of para-hydroxylation sites is 1. The van der Waals surface area contributed by atoms with E-state index in [-0.39, 0.29) is 45.8 Å². The van der Waals surface area contributed by atoms with Crippen molar-refractivity contribution in [3.8, 4) is 5.88 Å². The molecular weight excluding hydrogens is 463 g/mol. The molecule has 1 N–H and O–H groups in total. The Hall–Kier alpha value is -2.99. The molecule has 7 nitrogen and oxygen atoms in total. The molecule has 33 heavy (non-hydrogen) atoms. The molecule has 3 aromatic rings. The largest absolute Gasteiger partial charge is 2.00 e. The van der Waals surface area contributed by atoms with Crippen molar-refractivity contribution in [1.82, 2.24) is 9.47 Å². The molecule has 0 spiro atoms. The Kier molecular flexibility index (Phi) is 7.38. The SMILES string of the molecule is CCC(CC)N1C(=O)c2cccc(N=Nc3c(O)n(CC(C)C)c4ccccc34)c2C1=O.[Ni+2]. The molecule has 4 rings (SSSR count). The first kappa shape index (κ1) is 24.7. The van der Waals surface area contributed by atoms with Crippen molar-refractivity contribution in [2.75, 3.05) is 0 Å². The third kappa shape index (κ3) is 4.20. The van der Waals surface area contributed by atoms with Crippen molar-refractivity contribution in [2.24, 2.45) is 16.1 Å². The van der Waals surface area contributed by atoms with E-state index in [1.54, 1.807) is 18.2 Å². The first-order valence-electron chi connectivity index (χ1n) is 11.1. The summed E-state index contributed by atoms with van der Waals surface area (Å²) < 4.78 is 1.83. The van der Waals surface area contributed by atoms with Gasteiger partial charge in [-0.2, -0.15) is 0 Å². The zero-order valence-electron chi connectivity index (χ0n) is 19.2. The fourth-order valence-electron chi connectivity index (χ4n) is 4.38. The van der Waals surface area contributed by atoms with Gasteiger partial charge in [0, 0.05) is 18.0 Å². The van der Waals surface area contributed by atoms with Crippen molar-refractivity contribution in [3.63, 3.8) is 0 Å². The minimum absolute atomic E-state index is 0. The molecule has 0 atom stereocenters. The molecule has 1 aliphatic rings. The van der Waals surface area contributed by atoms with Crippen LogP contribution in [0.3, 0.4) is 0 Å². The minimum atomic E-state index is -0.334. The van der Waals surface area contributed by atoms with Crippen molar-refractivity contribution >= 4 is 34.1 Å². The quantitative estimate of drug-likeness (QED) is 0.243. The fourth-order valence-corrected chi connectivity index (χ4v) is 4.38. The van der Waals surface area contributed by atoms with E-state index < -0.39 is 0 Å². The van der Waals surface area contributed by atoms with Crippen LogP contribution in [0.25, 0.3) is 10.9 Å². The van der Waals surface area contributed by atoms with E-state index in [2.05, 4.69) is 24.1 Å². The van der Waals surface area contributed by atoms with E-state index in [1.165, 1.54) is 4.90 Å². The zero-order valence-corrected chi connectivity index (χ0v) is 20.2. The molecule has 0 aliphatic carbocycles. The van der Waals surface area contributed by atoms with Crippen molar-refractivity contribution in [2.45, 2.75) is 53.1 Å². The van der Waals surface area contributed by atoms with Gasteiger partial charge in [0.05, 0.1) is 22.3 Å². The number of aromatic nitrogens is 1. The molecule has 2 aromatic carbocycles. The Morgan fingerprint density at radius 3 is 2.30 bits per heavy atom. The predicted molar refractivity (Wildman–Crippen MR) is 124 cm³/mol. The number of carbonyl (C=O) groups excluding carboxylic acids is 2. The maximum absolute atomic E-state index is 13.2. The van der Waals surface area contributed by atoms with E-state index in [9.17, 15) is 14.7 Å². The average molecular weight is 491 g/mol. The van der Waals surface area contributed by atoms with Crippen LogP contribution in [0, 0.1) is 5.92 Å². The predicted octanol–water partition coefficient (Wildman–Crippen LogP) is 6.20. The van der Waals surface area contributed by atoms with E-state index in [1.807, 2.05) is 42.7 Å². The molecule has 0 unspecified atom stereocenters. The molecule has 1 aromatic heterocycles. The molecular formula is C25H28N4NiO3+2. The fraction of sp³-hybridized carbons (Fsp3) is 0.360. The molecule has 0 fully saturated rings. The standard InChI is InChI=1S/C25H28N4O3.Ni/c1-5-16(6-2)29-23(30)18-11-9-12-19(21(18)24(29)31)26-27-22-17-10-7-8-13-20(17)28(25(22)32)14-15(3)4;/h7-13,15-16,32H,5-6,14H2,1-4H3;/q;+2. The summed E-state index contributed by atoms with van der Waals surface area (Å²) in [5, 5.41) is 20.4. The summed E-state index contributed by atoms with van der Waals surface area (Å²) in [6.45, 7) is 8.73. The van der Waals surface area contributed by atoms with Crippen molar-refractivity contribution < 1.29 is 31.2 Å². The third-order valence-corrected chi connectivity index (χ3v) is 5.95. The Morgan fingerprint density at radius 2 is 1.64 bits per heavy atom. The van der Waals surface area contributed by atoms with Crippen LogP contribution < -0.4 is 0 Å². The van der Waals surface area contributed by atoms with Gasteiger partial charge in [-0.3, -0.25) is 14.5 Å². The average Bonchev–Trinajstić information content (AvgIpc) is 3.19. The molecule has 0 radical (unpaired) electrons. The van der Waals surface area contributed by atoms with Gasteiger partial charge in [0.15, 0.2) is 5.69 Å². The number of fused-ring (bicyclic) bond motifs is 2. The van der Waals surface area contributed by atoms with Gasteiger partial charge in [0.25, 0.3) is 11.8 Å². The molecule has 8 heteroatoms. The maximum atomic E-state index is 13.2. The summed E-state index contributed by atoms with van der Waals surface area (Å²) >= 11 is 0. The second-order valence-electron chi connectivity index (χ2n) is 8.54. The number of amides is 2. The Labute approximate surface area is 203 Å². The number of benzene rings is 2. The monoisotopic (exact) mass is 490 g/mol. The van der Waals surface area contributed by atoms with Crippen LogP contribution >= 0.6 is 0 Å². The molecule has 0 saturated carbocycles. The number of rotatable bonds is 7. The van der Waals surface area contributed by atoms with E-state index in [0.29, 0.717) is 42.2 Å². The van der Waals surface area contributed by atoms with Crippen LogP contribution in [-0.2, 0) is 23.0 Å². The number of carbonyl (C=O) groups is 2. The van der Waals surface area contributed by atoms with Crippen LogP contribution in [0.5, 0.6) is 5.88 Å². The van der Waals surface area contributed by atoms with Crippen LogP contribution in [0.4, 0.5) is 11.4 Å². The summed E-state index contributed by atoms with van der Waals surface area (Å²) in [5.74, 6) is -0.247. The van der Waals surface area contributed by atoms with Gasteiger partial charge < -0.3 is 9.67 Å². The second-order valence-corrected chi connectivity index (χ2v) is 8.54. The number of imide groups is 1. The van der Waals surface area contributed by atoms with Crippen LogP contribution in [-0.4, -0.2) is 32.4 Å². The Balaban J connectivity index is 0.00000306. The summed E-state index contributed by atoms with van der Waals surface area (Å²) in [5.41, 5.74) is 2.18. The number of azo groups is 1. The number of nitrogens with zero attached hydrogens (tertiary/aromatic N) is 4. The van der Waals surface area contributed by atoms with Gasteiger partial charge >= 0.3 is 16.5 Å². The van der Waals surface area contributed by atoms with Crippen LogP contribution in [0.1, 0.15) is 61.3 Å². The molecule has 2 heterocycles. The first-order chi connectivity index (χ1) is 15.4. The van der Waals surface area contributed by atoms with Gasteiger partial charge in [-0.1, -0.05) is 52.0 Å². The Bertz CT molecular complexity index is 1230. The van der Waals surface area contributed by atoms with Gasteiger partial charge in [-0.25, -0.2) is 0 Å². The van der Waals surface area contributed by atoms with Gasteiger partial charge in [-0.05, 0) is 37.0 Å². The summed E-state index contributed by atoms with van der Waals surface area (Å²) in [6, 6.07) is 12.5. The van der Waals surface area contributed by atoms with Gasteiger partial charge in [-0.15, -0.1) is 10.2 Å². The molecule has 1 aliphatic heterocycles. The summed E-state index contributed by atoms with van der Waals surface area (Å²) in [6.07, 6.45) is 1.39. The van der Waals surface area contributed by atoms with E-state index in [0.717, 1.165) is 10.9 Å². The topological polar surface area (TPSA) is 87.3 Å². The maximum Gasteiger partial charge on any atom is 2.00 e. The van der Waals surface area contributed by atoms with Gasteiger partial charge in [0.2, 0.25) is 5.88 Å². The van der Waals surface area contributed by atoms with Crippen molar-refractivity contribution in [3.05, 3.63) is 53.6 Å².